The Morgan fingerprint density at radius 2 is 1.53 bits per heavy atom. The number of benzene rings is 3. The topological polar surface area (TPSA) is 92.6 Å². The Bertz CT molecular complexity index is 1280. The lowest BCUT2D eigenvalue weighted by Crippen LogP contribution is -2.32. The monoisotopic (exact) mass is 447 g/mol. The molecule has 160 valence electrons. The van der Waals surface area contributed by atoms with Crippen molar-refractivity contribution in [2.45, 2.75) is 13.8 Å². The van der Waals surface area contributed by atoms with E-state index in [-0.39, 0.29) is 27.7 Å². The van der Waals surface area contributed by atoms with E-state index in [1.165, 1.54) is 24.3 Å². The van der Waals surface area contributed by atoms with Crippen molar-refractivity contribution in [2.24, 2.45) is 0 Å². The summed E-state index contributed by atoms with van der Waals surface area (Å²) in [7, 11) is 0. The average Bonchev–Trinajstić information content (AvgIpc) is 2.97. The first-order valence-corrected chi connectivity index (χ1v) is 10.1. The number of nitro groups is 1. The van der Waals surface area contributed by atoms with Crippen LogP contribution in [-0.4, -0.2) is 16.7 Å². The van der Waals surface area contributed by atoms with Gasteiger partial charge in [0.2, 0.25) is 0 Å². The molecule has 4 rings (SSSR count). The molecule has 0 unspecified atom stereocenters. The lowest BCUT2D eigenvalue weighted by Gasteiger charge is -2.17. The third kappa shape index (κ3) is 3.86. The van der Waals surface area contributed by atoms with E-state index in [1.807, 2.05) is 32.0 Å². The molecule has 0 fully saturated rings. The molecule has 1 aliphatic heterocycles. The van der Waals surface area contributed by atoms with Crippen LogP contribution in [0.25, 0.3) is 5.57 Å². The second-order valence-electron chi connectivity index (χ2n) is 7.45. The maximum atomic E-state index is 13.4. The highest BCUT2D eigenvalue weighted by atomic mass is 35.5. The lowest BCUT2D eigenvalue weighted by atomic mass is 10.0. The Balaban J connectivity index is 1.85. The average molecular weight is 448 g/mol. The van der Waals surface area contributed by atoms with Gasteiger partial charge in [0.15, 0.2) is 0 Å². The van der Waals surface area contributed by atoms with Gasteiger partial charge in [-0.25, -0.2) is 4.90 Å². The predicted molar refractivity (Wildman–Crippen MR) is 124 cm³/mol. The molecule has 0 aromatic heterocycles. The molecule has 0 radical (unpaired) electrons. The van der Waals surface area contributed by atoms with Crippen LogP contribution in [0.5, 0.6) is 0 Å². The van der Waals surface area contributed by atoms with Gasteiger partial charge in [0.1, 0.15) is 5.70 Å². The Morgan fingerprint density at radius 1 is 0.906 bits per heavy atom. The number of hydrogen-bond acceptors (Lipinski definition) is 5. The van der Waals surface area contributed by atoms with Gasteiger partial charge in [-0.05, 0) is 66.9 Å². The van der Waals surface area contributed by atoms with Crippen LogP contribution < -0.4 is 10.2 Å². The largest absolute Gasteiger partial charge is 0.350 e. The van der Waals surface area contributed by atoms with Gasteiger partial charge in [0.25, 0.3) is 17.5 Å². The number of anilines is 2. The first-order valence-electron chi connectivity index (χ1n) is 9.74. The molecule has 0 atom stereocenters. The molecule has 8 heteroatoms. The number of carbonyl (C=O) groups excluding carboxylic acids is 2. The van der Waals surface area contributed by atoms with E-state index >= 15 is 0 Å². The van der Waals surface area contributed by atoms with E-state index in [4.69, 9.17) is 11.6 Å². The van der Waals surface area contributed by atoms with Crippen molar-refractivity contribution in [2.75, 3.05) is 10.2 Å². The van der Waals surface area contributed by atoms with Gasteiger partial charge in [-0.3, -0.25) is 19.7 Å². The zero-order valence-electron chi connectivity index (χ0n) is 17.3. The number of rotatable bonds is 5. The van der Waals surface area contributed by atoms with Crippen LogP contribution >= 0.6 is 11.6 Å². The Labute approximate surface area is 189 Å². The number of aryl methyl sites for hydroxylation is 2. The minimum atomic E-state index is -0.566. The Morgan fingerprint density at radius 3 is 2.12 bits per heavy atom. The summed E-state index contributed by atoms with van der Waals surface area (Å²) in [5.74, 6) is -1.13. The van der Waals surface area contributed by atoms with E-state index in [2.05, 4.69) is 5.32 Å². The second kappa shape index (κ2) is 8.28. The molecular formula is C24H18ClN3O4. The summed E-state index contributed by atoms with van der Waals surface area (Å²) in [6.45, 7) is 3.86. The molecule has 2 amide bonds. The van der Waals surface area contributed by atoms with Crippen LogP contribution in [0.15, 0.2) is 72.4 Å². The fourth-order valence-corrected chi connectivity index (χ4v) is 3.93. The molecule has 3 aromatic carbocycles. The zero-order chi connectivity index (χ0) is 23.0. The summed E-state index contributed by atoms with van der Waals surface area (Å²) >= 11 is 6.27. The van der Waals surface area contributed by atoms with Crippen LogP contribution in [-0.2, 0) is 9.59 Å². The Kier molecular flexibility index (Phi) is 5.50. The highest BCUT2D eigenvalue weighted by molar-refractivity contribution is 6.48. The van der Waals surface area contributed by atoms with Crippen LogP contribution in [0.1, 0.15) is 16.7 Å². The fraction of sp³-hybridized carbons (Fsp3) is 0.0833. The summed E-state index contributed by atoms with van der Waals surface area (Å²) in [5.41, 5.74) is 3.36. The number of halogens is 1. The molecule has 1 aliphatic rings. The van der Waals surface area contributed by atoms with Crippen LogP contribution in [0.4, 0.5) is 17.1 Å². The molecule has 1 N–H and O–H groups in total. The number of amides is 2. The minimum absolute atomic E-state index is 0.0776. The lowest BCUT2D eigenvalue weighted by molar-refractivity contribution is -0.384. The number of hydrogen-bond donors (Lipinski definition) is 1. The summed E-state index contributed by atoms with van der Waals surface area (Å²) in [5, 5.41) is 14.4. The molecule has 7 nitrogen and oxygen atoms in total. The molecule has 0 saturated heterocycles. The summed E-state index contributed by atoms with van der Waals surface area (Å²) in [4.78, 5) is 38.4. The van der Waals surface area contributed by atoms with Gasteiger partial charge < -0.3 is 5.32 Å². The van der Waals surface area contributed by atoms with Gasteiger partial charge in [0, 0.05) is 17.8 Å². The van der Waals surface area contributed by atoms with E-state index in [9.17, 15) is 19.7 Å². The van der Waals surface area contributed by atoms with E-state index < -0.39 is 16.7 Å². The highest BCUT2D eigenvalue weighted by Gasteiger charge is 2.41. The van der Waals surface area contributed by atoms with Crippen LogP contribution in [0.3, 0.4) is 0 Å². The third-order valence-corrected chi connectivity index (χ3v) is 5.35. The first-order chi connectivity index (χ1) is 15.3. The van der Waals surface area contributed by atoms with Gasteiger partial charge in [-0.15, -0.1) is 0 Å². The van der Waals surface area contributed by atoms with Gasteiger partial charge in [-0.2, -0.15) is 0 Å². The number of nitrogens with one attached hydrogen (secondary N) is 1. The number of imide groups is 1. The molecule has 0 spiro atoms. The molecule has 0 saturated carbocycles. The fourth-order valence-electron chi connectivity index (χ4n) is 3.71. The quantitative estimate of drug-likeness (QED) is 0.327. The van der Waals surface area contributed by atoms with Gasteiger partial charge in [0.05, 0.1) is 21.2 Å². The van der Waals surface area contributed by atoms with Gasteiger partial charge in [-0.1, -0.05) is 29.8 Å². The summed E-state index contributed by atoms with van der Waals surface area (Å²) in [6, 6.07) is 17.8. The van der Waals surface area contributed by atoms with E-state index in [0.29, 0.717) is 11.3 Å². The van der Waals surface area contributed by atoms with Crippen molar-refractivity contribution >= 4 is 46.1 Å². The number of non-ortho nitro benzene ring substituents is 1. The van der Waals surface area contributed by atoms with Crippen molar-refractivity contribution in [3.05, 3.63) is 104 Å². The minimum Gasteiger partial charge on any atom is -0.350 e. The van der Waals surface area contributed by atoms with Crippen molar-refractivity contribution < 1.29 is 14.5 Å². The van der Waals surface area contributed by atoms with Crippen LogP contribution in [0, 0.1) is 24.0 Å². The smallest absolute Gasteiger partial charge is 0.282 e. The van der Waals surface area contributed by atoms with Gasteiger partial charge >= 0.3 is 0 Å². The molecule has 0 bridgehead atoms. The van der Waals surface area contributed by atoms with Crippen molar-refractivity contribution in [1.82, 2.24) is 0 Å². The molecule has 1 heterocycles. The standard InChI is InChI=1S/C24H18ClN3O4/c1-14-11-15(2)13-17(12-14)26-22-21(16-7-9-18(10-8-16)28(31)32)23(29)27(24(22)30)20-6-4-3-5-19(20)25/h3-13,26H,1-2H3. The first kappa shape index (κ1) is 21.3. The highest BCUT2D eigenvalue weighted by Crippen LogP contribution is 2.37. The molecule has 0 aliphatic carbocycles. The second-order valence-corrected chi connectivity index (χ2v) is 7.86. The molecule has 3 aromatic rings. The number of para-hydroxylation sites is 1. The normalized spacial score (nSPS) is 13.7. The predicted octanol–water partition coefficient (Wildman–Crippen LogP) is 5.26. The van der Waals surface area contributed by atoms with Crippen LogP contribution in [0.2, 0.25) is 5.02 Å². The maximum absolute atomic E-state index is 13.4. The van der Waals surface area contributed by atoms with Crippen molar-refractivity contribution in [3.63, 3.8) is 0 Å². The van der Waals surface area contributed by atoms with Crippen molar-refractivity contribution in [3.8, 4) is 0 Å². The number of nitro benzene ring substituents is 1. The summed E-state index contributed by atoms with van der Waals surface area (Å²) in [6.07, 6.45) is 0. The van der Waals surface area contributed by atoms with Crippen molar-refractivity contribution in [1.29, 1.82) is 0 Å². The summed E-state index contributed by atoms with van der Waals surface area (Å²) < 4.78 is 0. The number of nitrogens with zero attached hydrogens (tertiary/aromatic N) is 2. The van der Waals surface area contributed by atoms with E-state index in [1.54, 1.807) is 24.3 Å². The SMILES string of the molecule is Cc1cc(C)cc(NC2=C(c3ccc([N+](=O)[O-])cc3)C(=O)N(c3ccccc3Cl)C2=O)c1. The Hall–Kier alpha value is -3.97. The maximum Gasteiger partial charge on any atom is 0.282 e. The third-order valence-electron chi connectivity index (χ3n) is 5.04. The molecule has 32 heavy (non-hydrogen) atoms. The molecular weight excluding hydrogens is 430 g/mol. The van der Waals surface area contributed by atoms with E-state index in [0.717, 1.165) is 16.0 Å². The number of carbonyl (C=O) groups is 2. The zero-order valence-corrected chi connectivity index (χ0v) is 18.0.